The summed E-state index contributed by atoms with van der Waals surface area (Å²) in [5.41, 5.74) is -0.604. The van der Waals surface area contributed by atoms with E-state index in [1.807, 2.05) is 13.8 Å². The molecule has 0 heterocycles. The molecule has 0 saturated heterocycles. The lowest BCUT2D eigenvalue weighted by atomic mass is 10.1. The van der Waals surface area contributed by atoms with E-state index < -0.39 is 11.7 Å². The molecule has 7 heteroatoms. The van der Waals surface area contributed by atoms with Crippen LogP contribution in [0.2, 0.25) is 0 Å². The fourth-order valence-corrected chi connectivity index (χ4v) is 3.05. The van der Waals surface area contributed by atoms with Crippen LogP contribution in [0.1, 0.15) is 25.0 Å². The number of carbonyl (C=O) groups is 1. The van der Waals surface area contributed by atoms with Crippen molar-refractivity contribution in [3.05, 3.63) is 46.0 Å². The minimum Gasteiger partial charge on any atom is -0.352 e. The Morgan fingerprint density at radius 3 is 2.57 bits per heavy atom. The maximum absolute atomic E-state index is 12.7. The summed E-state index contributed by atoms with van der Waals surface area (Å²) in [5.74, 6) is -0.585. The molecule has 1 N–H and O–H groups in total. The van der Waals surface area contributed by atoms with Crippen LogP contribution in [0.25, 0.3) is 0 Å². The van der Waals surface area contributed by atoms with Crippen molar-refractivity contribution in [1.29, 1.82) is 0 Å². The van der Waals surface area contributed by atoms with Gasteiger partial charge in [-0.2, -0.15) is 13.2 Å². The maximum Gasteiger partial charge on any atom is 0.416 e. The van der Waals surface area contributed by atoms with Gasteiger partial charge in [-0.1, -0.05) is 49.2 Å². The molecule has 0 aromatic heterocycles. The molecule has 1 saturated carbocycles. The molecule has 1 fully saturated rings. The Bertz CT molecular complexity index is 636. The van der Waals surface area contributed by atoms with Crippen molar-refractivity contribution in [2.24, 2.45) is 17.3 Å². The third kappa shape index (κ3) is 4.21. The van der Waals surface area contributed by atoms with Gasteiger partial charge in [-0.15, -0.1) is 0 Å². The summed E-state index contributed by atoms with van der Waals surface area (Å²) in [5, 5.41) is 2.68. The lowest BCUT2D eigenvalue weighted by Gasteiger charge is -2.10. The van der Waals surface area contributed by atoms with Gasteiger partial charge >= 0.3 is 6.18 Å². The fourth-order valence-electron chi connectivity index (χ4n) is 2.78. The molecule has 0 radical (unpaired) electrons. The minimum absolute atomic E-state index is 0.0420. The number of rotatable bonds is 4. The van der Waals surface area contributed by atoms with Crippen molar-refractivity contribution in [2.45, 2.75) is 26.6 Å². The monoisotopic (exact) mass is 365 g/mol. The highest BCUT2D eigenvalue weighted by molar-refractivity contribution is 6.55. The first-order valence-electron chi connectivity index (χ1n) is 7.00. The molecule has 1 aliphatic rings. The lowest BCUT2D eigenvalue weighted by molar-refractivity contribution is -0.137. The van der Waals surface area contributed by atoms with Crippen molar-refractivity contribution in [3.63, 3.8) is 0 Å². The Morgan fingerprint density at radius 2 is 2.00 bits per heavy atom. The topological polar surface area (TPSA) is 29.1 Å². The zero-order chi connectivity index (χ0) is 17.4. The van der Waals surface area contributed by atoms with Gasteiger partial charge in [0, 0.05) is 6.54 Å². The molecule has 126 valence electrons. The van der Waals surface area contributed by atoms with Crippen LogP contribution in [0.4, 0.5) is 13.2 Å². The molecule has 0 bridgehead atoms. The first-order chi connectivity index (χ1) is 10.5. The standard InChI is InChI=1S/C16H16Cl2F3NO/c1-15(2)11(7-12(17)18)13(15)14(23)22-8-9-4-3-5-10(6-9)16(19,20)21/h3-7,11,13H,8H2,1-2H3,(H,22,23)/t11-,13-/m0/s1. The smallest absolute Gasteiger partial charge is 0.352 e. The summed E-state index contributed by atoms with van der Waals surface area (Å²) >= 11 is 11.3. The second-order valence-electron chi connectivity index (χ2n) is 6.20. The fraction of sp³-hybridized carbons (Fsp3) is 0.438. The van der Waals surface area contributed by atoms with E-state index in [9.17, 15) is 18.0 Å². The van der Waals surface area contributed by atoms with Gasteiger partial charge in [0.2, 0.25) is 5.91 Å². The van der Waals surface area contributed by atoms with E-state index in [-0.39, 0.29) is 34.2 Å². The van der Waals surface area contributed by atoms with Crippen LogP contribution >= 0.6 is 23.2 Å². The van der Waals surface area contributed by atoms with Gasteiger partial charge < -0.3 is 5.32 Å². The Balaban J connectivity index is 2.00. The average molecular weight is 366 g/mol. The van der Waals surface area contributed by atoms with Crippen LogP contribution < -0.4 is 5.32 Å². The highest BCUT2D eigenvalue weighted by Crippen LogP contribution is 2.59. The molecule has 2 atom stereocenters. The Labute approximate surface area is 142 Å². The van der Waals surface area contributed by atoms with Gasteiger partial charge in [-0.05, 0) is 35.1 Å². The molecule has 1 aromatic carbocycles. The van der Waals surface area contributed by atoms with E-state index in [1.165, 1.54) is 6.07 Å². The van der Waals surface area contributed by atoms with Crippen molar-refractivity contribution in [3.8, 4) is 0 Å². The molecular formula is C16H16Cl2F3NO. The molecule has 1 amide bonds. The molecule has 0 spiro atoms. The first kappa shape index (κ1) is 18.1. The molecule has 1 aromatic rings. The van der Waals surface area contributed by atoms with E-state index >= 15 is 0 Å². The summed E-state index contributed by atoms with van der Waals surface area (Å²) in [7, 11) is 0. The summed E-state index contributed by atoms with van der Waals surface area (Å²) < 4.78 is 38.1. The third-order valence-electron chi connectivity index (χ3n) is 4.22. The number of benzene rings is 1. The quantitative estimate of drug-likeness (QED) is 0.806. The molecule has 2 rings (SSSR count). The molecule has 23 heavy (non-hydrogen) atoms. The molecular weight excluding hydrogens is 350 g/mol. The van der Waals surface area contributed by atoms with Crippen LogP contribution in [0.15, 0.2) is 34.8 Å². The highest BCUT2D eigenvalue weighted by Gasteiger charge is 2.60. The molecule has 1 aliphatic carbocycles. The van der Waals surface area contributed by atoms with Gasteiger partial charge in [0.25, 0.3) is 0 Å². The Kier molecular flexibility index (Phi) is 5.02. The van der Waals surface area contributed by atoms with E-state index in [0.29, 0.717) is 5.56 Å². The van der Waals surface area contributed by atoms with E-state index in [0.717, 1.165) is 12.1 Å². The largest absolute Gasteiger partial charge is 0.416 e. The Hall–Kier alpha value is -1.20. The average Bonchev–Trinajstić information content (AvgIpc) is 2.96. The first-order valence-corrected chi connectivity index (χ1v) is 7.75. The van der Waals surface area contributed by atoms with Crippen LogP contribution in [0.3, 0.4) is 0 Å². The van der Waals surface area contributed by atoms with Gasteiger partial charge in [0.05, 0.1) is 11.5 Å². The van der Waals surface area contributed by atoms with E-state index in [2.05, 4.69) is 5.32 Å². The normalized spacial score (nSPS) is 22.4. The number of hydrogen-bond donors (Lipinski definition) is 1. The van der Waals surface area contributed by atoms with Crippen LogP contribution in [-0.2, 0) is 17.5 Å². The number of amides is 1. The highest BCUT2D eigenvalue weighted by atomic mass is 35.5. The SMILES string of the molecule is CC1(C)[C@H](C(=O)NCc2cccc(C(F)(F)F)c2)[C@@H]1C=C(Cl)Cl. The van der Waals surface area contributed by atoms with Crippen LogP contribution in [-0.4, -0.2) is 5.91 Å². The van der Waals surface area contributed by atoms with E-state index in [4.69, 9.17) is 23.2 Å². The second kappa shape index (κ2) is 6.36. The van der Waals surface area contributed by atoms with E-state index in [1.54, 1.807) is 12.1 Å². The summed E-state index contributed by atoms with van der Waals surface area (Å²) in [6, 6.07) is 4.90. The summed E-state index contributed by atoms with van der Waals surface area (Å²) in [4.78, 5) is 12.2. The minimum atomic E-state index is -4.40. The predicted molar refractivity (Wildman–Crippen MR) is 83.8 cm³/mol. The molecule has 0 aliphatic heterocycles. The summed E-state index contributed by atoms with van der Waals surface area (Å²) in [6.07, 6.45) is -2.77. The summed E-state index contributed by atoms with van der Waals surface area (Å²) in [6.45, 7) is 3.87. The number of alkyl halides is 3. The number of allylic oxidation sites excluding steroid dienone is 1. The van der Waals surface area contributed by atoms with Crippen LogP contribution in [0, 0.1) is 17.3 Å². The van der Waals surface area contributed by atoms with Crippen LogP contribution in [0.5, 0.6) is 0 Å². The van der Waals surface area contributed by atoms with Gasteiger partial charge in [-0.3, -0.25) is 4.79 Å². The maximum atomic E-state index is 12.7. The number of hydrogen-bond acceptors (Lipinski definition) is 1. The molecule has 2 nitrogen and oxygen atoms in total. The molecule has 0 unspecified atom stereocenters. The number of halogens is 5. The third-order valence-corrected chi connectivity index (χ3v) is 4.47. The Morgan fingerprint density at radius 1 is 1.35 bits per heavy atom. The van der Waals surface area contributed by atoms with Crippen molar-refractivity contribution < 1.29 is 18.0 Å². The second-order valence-corrected chi connectivity index (χ2v) is 7.20. The number of nitrogens with one attached hydrogen (secondary N) is 1. The van der Waals surface area contributed by atoms with Crippen molar-refractivity contribution in [2.75, 3.05) is 0 Å². The van der Waals surface area contributed by atoms with Gasteiger partial charge in [0.15, 0.2) is 0 Å². The zero-order valence-electron chi connectivity index (χ0n) is 12.5. The zero-order valence-corrected chi connectivity index (χ0v) is 14.1. The number of carbonyl (C=O) groups excluding carboxylic acids is 1. The van der Waals surface area contributed by atoms with Gasteiger partial charge in [0.1, 0.15) is 4.49 Å². The van der Waals surface area contributed by atoms with Crippen molar-refractivity contribution in [1.82, 2.24) is 5.32 Å². The predicted octanol–water partition coefficient (Wildman–Crippen LogP) is 4.91. The van der Waals surface area contributed by atoms with Crippen molar-refractivity contribution >= 4 is 29.1 Å². The lowest BCUT2D eigenvalue weighted by Crippen LogP contribution is -2.26. The van der Waals surface area contributed by atoms with Gasteiger partial charge in [-0.25, -0.2) is 0 Å².